The lowest BCUT2D eigenvalue weighted by molar-refractivity contribution is -0.123. The number of hydrogen-bond donors (Lipinski definition) is 1. The first-order valence-corrected chi connectivity index (χ1v) is 9.01. The minimum absolute atomic E-state index is 0.0491. The lowest BCUT2D eigenvalue weighted by atomic mass is 10.1. The van der Waals surface area contributed by atoms with E-state index in [1.54, 1.807) is 6.07 Å². The van der Waals surface area contributed by atoms with Crippen LogP contribution < -0.4 is 0 Å². The molecule has 128 valence electrons. The van der Waals surface area contributed by atoms with Gasteiger partial charge in [0.25, 0.3) is 11.1 Å². The Morgan fingerprint density at radius 3 is 2.60 bits per heavy atom. The molecule has 2 amide bonds. The smallest absolute Gasteiger partial charge is 0.293 e. The van der Waals surface area contributed by atoms with Gasteiger partial charge in [-0.3, -0.25) is 14.5 Å². The molecule has 2 aromatic carbocycles. The third-order valence-corrected chi connectivity index (χ3v) is 5.13. The number of phenols is 1. The van der Waals surface area contributed by atoms with E-state index in [0.717, 1.165) is 16.7 Å². The number of rotatable bonds is 3. The van der Waals surface area contributed by atoms with Crippen molar-refractivity contribution in [3.63, 3.8) is 0 Å². The van der Waals surface area contributed by atoms with Crippen LogP contribution in [-0.4, -0.2) is 21.2 Å². The van der Waals surface area contributed by atoms with Crippen LogP contribution in [0.5, 0.6) is 5.75 Å². The summed E-state index contributed by atoms with van der Waals surface area (Å²) in [7, 11) is 0. The monoisotopic (exact) mass is 441 g/mol. The van der Waals surface area contributed by atoms with E-state index in [9.17, 15) is 19.1 Å². The molecular weight excluding hydrogens is 433 g/mol. The highest BCUT2D eigenvalue weighted by atomic mass is 79.9. The van der Waals surface area contributed by atoms with E-state index in [0.29, 0.717) is 15.6 Å². The van der Waals surface area contributed by atoms with E-state index in [-0.39, 0.29) is 28.0 Å². The maximum Gasteiger partial charge on any atom is 0.293 e. The number of aromatic hydroxyl groups is 1. The molecule has 1 fully saturated rings. The molecule has 4 nitrogen and oxygen atoms in total. The average molecular weight is 443 g/mol. The summed E-state index contributed by atoms with van der Waals surface area (Å²) >= 11 is 9.94. The maximum atomic E-state index is 13.0. The molecule has 0 saturated carbocycles. The van der Waals surface area contributed by atoms with Gasteiger partial charge in [0.15, 0.2) is 0 Å². The summed E-state index contributed by atoms with van der Waals surface area (Å²) in [5, 5.41) is 9.71. The first-order valence-electron chi connectivity index (χ1n) is 7.03. The fourth-order valence-corrected chi connectivity index (χ4v) is 3.91. The zero-order valence-corrected chi connectivity index (χ0v) is 15.7. The van der Waals surface area contributed by atoms with Crippen molar-refractivity contribution in [2.45, 2.75) is 6.54 Å². The highest BCUT2D eigenvalue weighted by Crippen LogP contribution is 2.37. The lowest BCUT2D eigenvalue weighted by Crippen LogP contribution is -2.27. The van der Waals surface area contributed by atoms with Gasteiger partial charge in [-0.15, -0.1) is 0 Å². The summed E-state index contributed by atoms with van der Waals surface area (Å²) in [5.41, 5.74) is 0.963. The van der Waals surface area contributed by atoms with E-state index < -0.39 is 11.1 Å². The highest BCUT2D eigenvalue weighted by molar-refractivity contribution is 9.10. The van der Waals surface area contributed by atoms with Crippen molar-refractivity contribution < 1.29 is 19.1 Å². The Morgan fingerprint density at radius 1 is 1.24 bits per heavy atom. The van der Waals surface area contributed by atoms with Crippen molar-refractivity contribution >= 4 is 56.5 Å². The molecule has 1 aliphatic rings. The van der Waals surface area contributed by atoms with E-state index in [2.05, 4.69) is 15.9 Å². The lowest BCUT2D eigenvalue weighted by Gasteiger charge is -2.12. The van der Waals surface area contributed by atoms with Gasteiger partial charge in [-0.25, -0.2) is 4.39 Å². The number of imide groups is 1. The highest BCUT2D eigenvalue weighted by Gasteiger charge is 2.35. The predicted molar refractivity (Wildman–Crippen MR) is 98.7 cm³/mol. The minimum Gasteiger partial charge on any atom is -0.506 e. The quantitative estimate of drug-likeness (QED) is 0.665. The van der Waals surface area contributed by atoms with Crippen LogP contribution in [0, 0.1) is 5.82 Å². The molecule has 0 aromatic heterocycles. The second-order valence-electron chi connectivity index (χ2n) is 5.22. The molecule has 0 aliphatic carbocycles. The van der Waals surface area contributed by atoms with Crippen molar-refractivity contribution in [2.24, 2.45) is 0 Å². The van der Waals surface area contributed by atoms with Crippen LogP contribution in [0.15, 0.2) is 45.8 Å². The number of amides is 2. The number of hydrogen-bond acceptors (Lipinski definition) is 4. The average Bonchev–Trinajstić information content (AvgIpc) is 2.81. The summed E-state index contributed by atoms with van der Waals surface area (Å²) < 4.78 is 13.6. The molecule has 3 rings (SSSR count). The van der Waals surface area contributed by atoms with Gasteiger partial charge in [-0.05, 0) is 47.7 Å². The molecule has 8 heteroatoms. The number of thioether (sulfide) groups is 1. The van der Waals surface area contributed by atoms with Crippen molar-refractivity contribution in [3.8, 4) is 5.75 Å². The zero-order chi connectivity index (χ0) is 18.1. The second-order valence-corrected chi connectivity index (χ2v) is 7.54. The van der Waals surface area contributed by atoms with Crippen LogP contribution in [0.4, 0.5) is 9.18 Å². The Bertz CT molecular complexity index is 902. The van der Waals surface area contributed by atoms with Crippen molar-refractivity contribution in [1.29, 1.82) is 0 Å². The Hall–Kier alpha value is -1.83. The number of phenolic OH excluding ortho intramolecular Hbond substituents is 1. The van der Waals surface area contributed by atoms with Crippen molar-refractivity contribution in [3.05, 3.63) is 67.7 Å². The van der Waals surface area contributed by atoms with Gasteiger partial charge in [0.05, 0.1) is 16.5 Å². The Kier molecular flexibility index (Phi) is 5.17. The van der Waals surface area contributed by atoms with Crippen LogP contribution in [-0.2, 0) is 11.3 Å². The first-order chi connectivity index (χ1) is 11.8. The molecule has 0 radical (unpaired) electrons. The SMILES string of the molecule is O=C1S/C(=C\c2cc(Br)cc(Cl)c2O)C(=O)N1Cc1ccc(F)cc1. The predicted octanol–water partition coefficient (Wildman–Crippen LogP) is 5.18. The van der Waals surface area contributed by atoms with Gasteiger partial charge in [0.1, 0.15) is 11.6 Å². The molecule has 0 spiro atoms. The number of halogens is 3. The molecule has 2 aromatic rings. The van der Waals surface area contributed by atoms with E-state index >= 15 is 0 Å². The fourth-order valence-electron chi connectivity index (χ4n) is 2.25. The van der Waals surface area contributed by atoms with Crippen LogP contribution in [0.2, 0.25) is 5.02 Å². The summed E-state index contributed by atoms with van der Waals surface area (Å²) in [6.07, 6.45) is 1.42. The molecule has 1 aliphatic heterocycles. The summed E-state index contributed by atoms with van der Waals surface area (Å²) in [5.74, 6) is -1.04. The number of carbonyl (C=O) groups excluding carboxylic acids is 2. The number of carbonyl (C=O) groups is 2. The molecular formula is C17H10BrClFNO3S. The number of nitrogens with zero attached hydrogens (tertiary/aromatic N) is 1. The molecule has 0 bridgehead atoms. The molecule has 1 saturated heterocycles. The van der Waals surface area contributed by atoms with Gasteiger partial charge in [0, 0.05) is 10.0 Å². The van der Waals surface area contributed by atoms with Gasteiger partial charge >= 0.3 is 0 Å². The Labute approximate surface area is 160 Å². The third-order valence-electron chi connectivity index (χ3n) is 3.47. The summed E-state index contributed by atoms with van der Waals surface area (Å²) in [6, 6.07) is 8.69. The standard InChI is InChI=1S/C17H10BrClFNO3S/c18-11-5-10(15(22)13(19)7-11)6-14-16(23)21(17(24)25-14)8-9-1-3-12(20)4-2-9/h1-7,22H,8H2/b14-6-. The molecule has 0 atom stereocenters. The third kappa shape index (κ3) is 3.89. The Morgan fingerprint density at radius 2 is 1.92 bits per heavy atom. The number of benzene rings is 2. The molecule has 1 N–H and O–H groups in total. The van der Waals surface area contributed by atoms with Crippen LogP contribution >= 0.6 is 39.3 Å². The Balaban J connectivity index is 1.87. The molecule has 0 unspecified atom stereocenters. The van der Waals surface area contributed by atoms with Crippen molar-refractivity contribution in [1.82, 2.24) is 4.90 Å². The molecule has 1 heterocycles. The molecule has 25 heavy (non-hydrogen) atoms. The largest absolute Gasteiger partial charge is 0.506 e. The summed E-state index contributed by atoms with van der Waals surface area (Å²) in [6.45, 7) is 0.0491. The van der Waals surface area contributed by atoms with Gasteiger partial charge in [0.2, 0.25) is 0 Å². The normalized spacial score (nSPS) is 16.1. The van der Waals surface area contributed by atoms with Crippen LogP contribution in [0.25, 0.3) is 6.08 Å². The van der Waals surface area contributed by atoms with E-state index in [4.69, 9.17) is 11.6 Å². The van der Waals surface area contributed by atoms with E-state index in [1.165, 1.54) is 36.4 Å². The van der Waals surface area contributed by atoms with Gasteiger partial charge < -0.3 is 5.11 Å². The van der Waals surface area contributed by atoms with Crippen LogP contribution in [0.3, 0.4) is 0 Å². The van der Waals surface area contributed by atoms with Gasteiger partial charge in [-0.2, -0.15) is 0 Å². The minimum atomic E-state index is -0.477. The van der Waals surface area contributed by atoms with Crippen molar-refractivity contribution in [2.75, 3.05) is 0 Å². The fraction of sp³-hybridized carbons (Fsp3) is 0.0588. The first kappa shape index (κ1) is 18.0. The summed E-state index contributed by atoms with van der Waals surface area (Å²) in [4.78, 5) is 25.9. The van der Waals surface area contributed by atoms with Gasteiger partial charge in [-0.1, -0.05) is 39.7 Å². The van der Waals surface area contributed by atoms with E-state index in [1.807, 2.05) is 0 Å². The van der Waals surface area contributed by atoms with Crippen LogP contribution in [0.1, 0.15) is 11.1 Å². The zero-order valence-electron chi connectivity index (χ0n) is 12.5. The maximum absolute atomic E-state index is 13.0. The topological polar surface area (TPSA) is 57.6 Å². The second kappa shape index (κ2) is 7.19.